The van der Waals surface area contributed by atoms with Crippen molar-refractivity contribution >= 4 is 11.9 Å². The molecule has 118 valence electrons. The molecule has 0 aromatic heterocycles. The van der Waals surface area contributed by atoms with Crippen LogP contribution in [0.3, 0.4) is 0 Å². The molecule has 2 unspecified atom stereocenters. The number of carboxylic acid groups (broad SMARTS) is 2. The van der Waals surface area contributed by atoms with E-state index in [1.807, 2.05) is 0 Å². The monoisotopic (exact) mass is 287 g/mol. The van der Waals surface area contributed by atoms with E-state index in [-0.39, 0.29) is 5.92 Å². The summed E-state index contributed by atoms with van der Waals surface area (Å²) in [6.45, 7) is 7.88. The summed E-state index contributed by atoms with van der Waals surface area (Å²) in [5.74, 6) is -3.43. The molecule has 0 bridgehead atoms. The second-order valence-electron chi connectivity index (χ2n) is 5.35. The van der Waals surface area contributed by atoms with Gasteiger partial charge in [-0.25, -0.2) is 0 Å². The van der Waals surface area contributed by atoms with Crippen LogP contribution in [-0.2, 0) is 9.59 Å². The molecule has 0 aliphatic heterocycles. The fraction of sp³-hybridized carbons (Fsp3) is 0.867. The molecule has 0 aromatic carbocycles. The molecule has 1 saturated carbocycles. The lowest BCUT2D eigenvalue weighted by Crippen LogP contribution is -2.34. The highest BCUT2D eigenvalue weighted by Crippen LogP contribution is 2.34. The van der Waals surface area contributed by atoms with Crippen molar-refractivity contribution in [1.82, 2.24) is 5.32 Å². The predicted octanol–water partition coefficient (Wildman–Crippen LogP) is 2.60. The SMILES string of the molecule is CC(C(=O)O)C(C(=O)O)C1CCCCC1.CCNCC. The molecule has 5 heteroatoms. The van der Waals surface area contributed by atoms with Crippen molar-refractivity contribution in [3.63, 3.8) is 0 Å². The van der Waals surface area contributed by atoms with E-state index in [1.54, 1.807) is 0 Å². The minimum absolute atomic E-state index is 0.0438. The van der Waals surface area contributed by atoms with Crippen molar-refractivity contribution < 1.29 is 19.8 Å². The molecule has 2 atom stereocenters. The first-order valence-corrected chi connectivity index (χ1v) is 7.61. The van der Waals surface area contributed by atoms with Gasteiger partial charge in [-0.15, -0.1) is 0 Å². The van der Waals surface area contributed by atoms with Crippen molar-refractivity contribution in [2.45, 2.75) is 52.9 Å². The van der Waals surface area contributed by atoms with Gasteiger partial charge in [0.25, 0.3) is 0 Å². The second kappa shape index (κ2) is 10.7. The van der Waals surface area contributed by atoms with Gasteiger partial charge in [-0.3, -0.25) is 9.59 Å². The summed E-state index contributed by atoms with van der Waals surface area (Å²) in [4.78, 5) is 21.9. The quantitative estimate of drug-likeness (QED) is 0.699. The zero-order chi connectivity index (χ0) is 15.5. The molecular formula is C15H29NO4. The first-order chi connectivity index (χ1) is 9.45. The van der Waals surface area contributed by atoms with Crippen molar-refractivity contribution in [2.24, 2.45) is 17.8 Å². The summed E-state index contributed by atoms with van der Waals surface area (Å²) < 4.78 is 0. The molecular weight excluding hydrogens is 258 g/mol. The van der Waals surface area contributed by atoms with Crippen LogP contribution in [0.15, 0.2) is 0 Å². The van der Waals surface area contributed by atoms with Gasteiger partial charge in [0, 0.05) is 0 Å². The van der Waals surface area contributed by atoms with Crippen molar-refractivity contribution in [3.8, 4) is 0 Å². The predicted molar refractivity (Wildman–Crippen MR) is 78.7 cm³/mol. The lowest BCUT2D eigenvalue weighted by Gasteiger charge is -2.29. The van der Waals surface area contributed by atoms with E-state index < -0.39 is 23.8 Å². The van der Waals surface area contributed by atoms with E-state index in [0.29, 0.717) is 0 Å². The molecule has 0 saturated heterocycles. The van der Waals surface area contributed by atoms with Crippen molar-refractivity contribution in [2.75, 3.05) is 13.1 Å². The van der Waals surface area contributed by atoms with Crippen LogP contribution in [-0.4, -0.2) is 35.2 Å². The van der Waals surface area contributed by atoms with Crippen LogP contribution in [0.2, 0.25) is 0 Å². The van der Waals surface area contributed by atoms with Gasteiger partial charge in [0.05, 0.1) is 11.8 Å². The van der Waals surface area contributed by atoms with Gasteiger partial charge < -0.3 is 15.5 Å². The Hall–Kier alpha value is -1.10. The minimum Gasteiger partial charge on any atom is -0.481 e. The number of nitrogens with one attached hydrogen (secondary N) is 1. The Bertz CT molecular complexity index is 286. The average molecular weight is 287 g/mol. The summed E-state index contributed by atoms with van der Waals surface area (Å²) in [7, 11) is 0. The third-order valence-corrected chi connectivity index (χ3v) is 3.87. The lowest BCUT2D eigenvalue weighted by molar-refractivity contribution is -0.155. The van der Waals surface area contributed by atoms with E-state index in [4.69, 9.17) is 10.2 Å². The third kappa shape index (κ3) is 6.89. The lowest BCUT2D eigenvalue weighted by atomic mass is 9.74. The topological polar surface area (TPSA) is 86.6 Å². The van der Waals surface area contributed by atoms with Gasteiger partial charge in [0.2, 0.25) is 0 Å². The standard InChI is InChI=1S/C11H18O4.C4H11N/c1-7(10(12)13)9(11(14)15)8-5-3-2-4-6-8;1-3-5-4-2/h7-9H,2-6H2,1H3,(H,12,13)(H,14,15);5H,3-4H2,1-2H3. The fourth-order valence-electron chi connectivity index (χ4n) is 2.72. The van der Waals surface area contributed by atoms with Crippen LogP contribution in [0.4, 0.5) is 0 Å². The molecule has 1 rings (SSSR count). The molecule has 0 heterocycles. The Morgan fingerprint density at radius 2 is 1.55 bits per heavy atom. The Kier molecular flexibility index (Phi) is 10.1. The summed E-state index contributed by atoms with van der Waals surface area (Å²) in [5.41, 5.74) is 0. The van der Waals surface area contributed by atoms with Crippen LogP contribution < -0.4 is 5.32 Å². The Morgan fingerprint density at radius 3 is 1.85 bits per heavy atom. The summed E-state index contributed by atoms with van der Waals surface area (Å²) in [5, 5.41) is 21.1. The summed E-state index contributed by atoms with van der Waals surface area (Å²) >= 11 is 0. The molecule has 1 aliphatic carbocycles. The molecule has 20 heavy (non-hydrogen) atoms. The van der Waals surface area contributed by atoms with Crippen LogP contribution in [0.5, 0.6) is 0 Å². The van der Waals surface area contributed by atoms with Crippen molar-refractivity contribution in [1.29, 1.82) is 0 Å². The third-order valence-electron chi connectivity index (χ3n) is 3.87. The van der Waals surface area contributed by atoms with Gasteiger partial charge in [0.15, 0.2) is 0 Å². The maximum Gasteiger partial charge on any atom is 0.307 e. The number of aliphatic carboxylic acids is 2. The van der Waals surface area contributed by atoms with Crippen molar-refractivity contribution in [3.05, 3.63) is 0 Å². The van der Waals surface area contributed by atoms with Crippen LogP contribution >= 0.6 is 0 Å². The molecule has 0 amide bonds. The van der Waals surface area contributed by atoms with E-state index in [0.717, 1.165) is 45.2 Å². The smallest absolute Gasteiger partial charge is 0.307 e. The van der Waals surface area contributed by atoms with Gasteiger partial charge in [-0.1, -0.05) is 40.0 Å². The van der Waals surface area contributed by atoms with E-state index in [9.17, 15) is 9.59 Å². The number of rotatable bonds is 6. The fourth-order valence-corrected chi connectivity index (χ4v) is 2.72. The maximum absolute atomic E-state index is 11.1. The van der Waals surface area contributed by atoms with Gasteiger partial charge in [-0.2, -0.15) is 0 Å². The summed E-state index contributed by atoms with van der Waals surface area (Å²) in [6, 6.07) is 0. The first-order valence-electron chi connectivity index (χ1n) is 7.61. The highest BCUT2D eigenvalue weighted by atomic mass is 16.4. The highest BCUT2D eigenvalue weighted by molar-refractivity contribution is 5.79. The highest BCUT2D eigenvalue weighted by Gasteiger charge is 2.37. The number of carboxylic acids is 2. The Morgan fingerprint density at radius 1 is 1.05 bits per heavy atom. The van der Waals surface area contributed by atoms with Crippen LogP contribution in [0.1, 0.15) is 52.9 Å². The van der Waals surface area contributed by atoms with E-state index in [2.05, 4.69) is 19.2 Å². The molecule has 0 aromatic rings. The zero-order valence-electron chi connectivity index (χ0n) is 12.9. The molecule has 3 N–H and O–H groups in total. The van der Waals surface area contributed by atoms with Gasteiger partial charge >= 0.3 is 11.9 Å². The number of hydrogen-bond acceptors (Lipinski definition) is 3. The number of carbonyl (C=O) groups is 2. The van der Waals surface area contributed by atoms with Crippen LogP contribution in [0.25, 0.3) is 0 Å². The number of hydrogen-bond donors (Lipinski definition) is 3. The normalized spacial score (nSPS) is 18.6. The molecule has 1 aliphatic rings. The Labute approximate surface area is 121 Å². The molecule has 1 fully saturated rings. The average Bonchev–Trinajstić information content (AvgIpc) is 2.41. The Balaban J connectivity index is 0.000000621. The van der Waals surface area contributed by atoms with E-state index >= 15 is 0 Å². The summed E-state index contributed by atoms with van der Waals surface area (Å²) in [6.07, 6.45) is 4.91. The zero-order valence-corrected chi connectivity index (χ0v) is 12.9. The van der Waals surface area contributed by atoms with Gasteiger partial charge in [-0.05, 0) is 31.8 Å². The van der Waals surface area contributed by atoms with Crippen LogP contribution in [0, 0.1) is 17.8 Å². The largest absolute Gasteiger partial charge is 0.481 e. The molecule has 0 spiro atoms. The molecule has 5 nitrogen and oxygen atoms in total. The first kappa shape index (κ1) is 18.9. The van der Waals surface area contributed by atoms with E-state index in [1.165, 1.54) is 6.92 Å². The maximum atomic E-state index is 11.1. The second-order valence-corrected chi connectivity index (χ2v) is 5.35. The molecule has 0 radical (unpaired) electrons. The van der Waals surface area contributed by atoms with Gasteiger partial charge in [0.1, 0.15) is 0 Å². The minimum atomic E-state index is -1.01.